The largest absolute Gasteiger partial charge is 0.516 e. The van der Waals surface area contributed by atoms with Gasteiger partial charge in [0.1, 0.15) is 0 Å². The maximum absolute atomic E-state index is 11.7. The predicted molar refractivity (Wildman–Crippen MR) is 70.3 cm³/mol. The fraction of sp³-hybridized carbons (Fsp3) is 0.667. The average molecular weight is 263 g/mol. The number of hydrogen-bond acceptors (Lipinski definition) is 4. The zero-order valence-corrected chi connectivity index (χ0v) is 11.7. The van der Waals surface area contributed by atoms with Crippen molar-refractivity contribution in [1.29, 1.82) is 0 Å². The molecule has 1 aromatic heterocycles. The van der Waals surface area contributed by atoms with Crippen LogP contribution in [0.3, 0.4) is 0 Å². The first-order valence-electron chi connectivity index (χ1n) is 6.51. The molecule has 0 spiro atoms. The van der Waals surface area contributed by atoms with E-state index in [1.807, 2.05) is 38.5 Å². The van der Waals surface area contributed by atoms with Gasteiger partial charge in [0, 0.05) is 19.3 Å². The van der Waals surface area contributed by atoms with Gasteiger partial charge in [-0.15, -0.1) is 0 Å². The Bertz CT molecular complexity index is 522. The van der Waals surface area contributed by atoms with E-state index in [2.05, 4.69) is 10.3 Å². The normalized spacial score (nSPS) is 24.2. The standard InChI is InChI=1S/C12H18BN3O3/c1-11(2)12(3,4)19-13(18-11)8-7-16-6-5-14-10(17)9(16)15-8/h7H,5-6H2,1-4H3,(H,14,17). The van der Waals surface area contributed by atoms with Crippen LogP contribution in [0.1, 0.15) is 38.3 Å². The molecule has 0 aliphatic carbocycles. The molecule has 1 saturated heterocycles. The van der Waals surface area contributed by atoms with Crippen molar-refractivity contribution < 1.29 is 14.1 Å². The number of fused-ring (bicyclic) bond motifs is 1. The Balaban J connectivity index is 1.91. The number of imidazole rings is 1. The van der Waals surface area contributed by atoms with E-state index >= 15 is 0 Å². The minimum Gasteiger partial charge on any atom is -0.398 e. The maximum atomic E-state index is 11.7. The summed E-state index contributed by atoms with van der Waals surface area (Å²) in [6, 6.07) is 0. The van der Waals surface area contributed by atoms with Gasteiger partial charge in [0.25, 0.3) is 5.91 Å². The number of nitrogens with one attached hydrogen (secondary N) is 1. The zero-order valence-electron chi connectivity index (χ0n) is 11.7. The van der Waals surface area contributed by atoms with E-state index in [1.165, 1.54) is 0 Å². The number of amides is 1. The van der Waals surface area contributed by atoms with Gasteiger partial charge in [-0.1, -0.05) is 0 Å². The lowest BCUT2D eigenvalue weighted by atomic mass is 9.86. The average Bonchev–Trinajstić information content (AvgIpc) is 2.80. The molecule has 2 aliphatic heterocycles. The topological polar surface area (TPSA) is 65.4 Å². The van der Waals surface area contributed by atoms with Crippen molar-refractivity contribution in [1.82, 2.24) is 14.9 Å². The van der Waals surface area contributed by atoms with Gasteiger partial charge >= 0.3 is 7.12 Å². The monoisotopic (exact) mass is 263 g/mol. The summed E-state index contributed by atoms with van der Waals surface area (Å²) in [7, 11) is -0.518. The zero-order chi connectivity index (χ0) is 13.8. The number of carbonyl (C=O) groups excluding carboxylic acids is 1. The van der Waals surface area contributed by atoms with Crippen LogP contribution in [0.4, 0.5) is 0 Å². The van der Waals surface area contributed by atoms with Crippen LogP contribution in [-0.2, 0) is 15.9 Å². The lowest BCUT2D eigenvalue weighted by Crippen LogP contribution is -2.41. The van der Waals surface area contributed by atoms with Crippen molar-refractivity contribution in [3.05, 3.63) is 12.0 Å². The fourth-order valence-electron chi connectivity index (χ4n) is 2.23. The van der Waals surface area contributed by atoms with Crippen molar-refractivity contribution in [3.8, 4) is 0 Å². The molecule has 0 bridgehead atoms. The van der Waals surface area contributed by atoms with E-state index in [1.54, 1.807) is 0 Å². The SMILES string of the molecule is CC1(C)OB(c2cn3c(n2)C(=O)NCC3)OC1(C)C. The van der Waals surface area contributed by atoms with E-state index in [4.69, 9.17) is 9.31 Å². The van der Waals surface area contributed by atoms with Gasteiger partial charge in [-0.25, -0.2) is 4.98 Å². The van der Waals surface area contributed by atoms with Crippen LogP contribution in [0.15, 0.2) is 6.20 Å². The molecule has 3 rings (SSSR count). The second-order valence-corrected chi connectivity index (χ2v) is 6.03. The minimum atomic E-state index is -0.518. The highest BCUT2D eigenvalue weighted by atomic mass is 16.7. The predicted octanol–water partition coefficient (Wildman–Crippen LogP) is -0.0743. The summed E-state index contributed by atoms with van der Waals surface area (Å²) in [5.41, 5.74) is -0.139. The fourth-order valence-corrected chi connectivity index (χ4v) is 2.23. The van der Waals surface area contributed by atoms with E-state index < -0.39 is 18.3 Å². The first kappa shape index (κ1) is 12.7. The second kappa shape index (κ2) is 3.83. The molecule has 0 saturated carbocycles. The van der Waals surface area contributed by atoms with Crippen molar-refractivity contribution >= 4 is 18.6 Å². The Labute approximate surface area is 112 Å². The molecule has 0 aromatic carbocycles. The molecule has 0 atom stereocenters. The van der Waals surface area contributed by atoms with Crippen molar-refractivity contribution in [2.75, 3.05) is 6.54 Å². The van der Waals surface area contributed by atoms with Gasteiger partial charge in [-0.05, 0) is 27.7 Å². The number of carbonyl (C=O) groups is 1. The molecule has 3 heterocycles. The lowest BCUT2D eigenvalue weighted by molar-refractivity contribution is 0.00578. The van der Waals surface area contributed by atoms with Crippen LogP contribution in [-0.4, -0.2) is 40.3 Å². The van der Waals surface area contributed by atoms with E-state index in [0.29, 0.717) is 18.0 Å². The van der Waals surface area contributed by atoms with E-state index in [-0.39, 0.29) is 5.91 Å². The smallest absolute Gasteiger partial charge is 0.398 e. The number of aromatic nitrogens is 2. The Morgan fingerprint density at radius 2 is 1.95 bits per heavy atom. The Morgan fingerprint density at radius 1 is 1.32 bits per heavy atom. The van der Waals surface area contributed by atoms with Gasteiger partial charge in [-0.2, -0.15) is 0 Å². The van der Waals surface area contributed by atoms with Crippen molar-refractivity contribution in [3.63, 3.8) is 0 Å². The Kier molecular flexibility index (Phi) is 2.56. The third-order valence-electron chi connectivity index (χ3n) is 4.13. The second-order valence-electron chi connectivity index (χ2n) is 6.03. The third kappa shape index (κ3) is 1.88. The summed E-state index contributed by atoms with van der Waals surface area (Å²) in [4.78, 5) is 16.0. The maximum Gasteiger partial charge on any atom is 0.516 e. The molecule has 0 unspecified atom stereocenters. The summed E-state index contributed by atoms with van der Waals surface area (Å²) in [6.45, 7) is 9.34. The van der Waals surface area contributed by atoms with E-state index in [0.717, 1.165) is 6.54 Å². The summed E-state index contributed by atoms with van der Waals surface area (Å²) >= 11 is 0. The first-order valence-corrected chi connectivity index (χ1v) is 6.51. The summed E-state index contributed by atoms with van der Waals surface area (Å²) in [5, 5.41) is 2.77. The van der Waals surface area contributed by atoms with Crippen LogP contribution >= 0.6 is 0 Å². The molecule has 1 aromatic rings. The summed E-state index contributed by atoms with van der Waals surface area (Å²) in [5.74, 6) is 0.282. The Morgan fingerprint density at radius 3 is 2.53 bits per heavy atom. The van der Waals surface area contributed by atoms with Crippen molar-refractivity contribution in [2.45, 2.75) is 45.4 Å². The molecular formula is C12H18BN3O3. The first-order chi connectivity index (χ1) is 8.80. The highest BCUT2D eigenvalue weighted by Gasteiger charge is 2.52. The summed E-state index contributed by atoms with van der Waals surface area (Å²) < 4.78 is 13.7. The quantitative estimate of drug-likeness (QED) is 0.720. The molecule has 1 fully saturated rings. The molecule has 7 heteroatoms. The number of rotatable bonds is 1. The molecule has 1 N–H and O–H groups in total. The van der Waals surface area contributed by atoms with Gasteiger partial charge < -0.3 is 19.2 Å². The molecule has 2 aliphatic rings. The van der Waals surface area contributed by atoms with Crippen LogP contribution in [0.5, 0.6) is 0 Å². The van der Waals surface area contributed by atoms with Gasteiger partial charge in [0.05, 0.1) is 16.8 Å². The van der Waals surface area contributed by atoms with Crippen LogP contribution < -0.4 is 10.9 Å². The third-order valence-corrected chi connectivity index (χ3v) is 4.13. The highest BCUT2D eigenvalue weighted by molar-refractivity contribution is 6.61. The molecule has 19 heavy (non-hydrogen) atoms. The van der Waals surface area contributed by atoms with Gasteiger partial charge in [0.15, 0.2) is 5.82 Å². The van der Waals surface area contributed by atoms with Crippen molar-refractivity contribution in [2.24, 2.45) is 0 Å². The Hall–Kier alpha value is -1.34. The number of hydrogen-bond donors (Lipinski definition) is 1. The van der Waals surface area contributed by atoms with Crippen LogP contribution in [0.25, 0.3) is 0 Å². The number of nitrogens with zero attached hydrogens (tertiary/aromatic N) is 2. The summed E-state index contributed by atoms with van der Waals surface area (Å²) in [6.07, 6.45) is 1.84. The van der Waals surface area contributed by atoms with Gasteiger partial charge in [0.2, 0.25) is 0 Å². The molecule has 6 nitrogen and oxygen atoms in total. The molecule has 0 radical (unpaired) electrons. The highest BCUT2D eigenvalue weighted by Crippen LogP contribution is 2.36. The lowest BCUT2D eigenvalue weighted by Gasteiger charge is -2.32. The van der Waals surface area contributed by atoms with Crippen LogP contribution in [0, 0.1) is 0 Å². The molecular weight excluding hydrogens is 245 g/mol. The molecule has 1 amide bonds. The molecule has 102 valence electrons. The van der Waals surface area contributed by atoms with Gasteiger partial charge in [-0.3, -0.25) is 4.79 Å². The van der Waals surface area contributed by atoms with Crippen LogP contribution in [0.2, 0.25) is 0 Å². The van der Waals surface area contributed by atoms with E-state index in [9.17, 15) is 4.79 Å². The minimum absolute atomic E-state index is 0.144.